The van der Waals surface area contributed by atoms with Crippen LogP contribution in [0.4, 0.5) is 8.78 Å². The normalized spacial score (nSPS) is 11.0. The first-order valence-electron chi connectivity index (χ1n) is 8.35. The topological polar surface area (TPSA) is 61.9 Å². The van der Waals surface area contributed by atoms with Crippen molar-refractivity contribution in [2.75, 3.05) is 0 Å². The van der Waals surface area contributed by atoms with E-state index in [2.05, 4.69) is 11.2 Å². The SMILES string of the molecule is Cc1nn(C(F)F)c(C)c1CC(=O)N(Cc1ccc(C#N)cc1)C(C)C. The van der Waals surface area contributed by atoms with Gasteiger partial charge in [0.25, 0.3) is 0 Å². The molecule has 0 N–H and O–H groups in total. The van der Waals surface area contributed by atoms with E-state index in [0.717, 1.165) is 5.56 Å². The Hall–Kier alpha value is -2.75. The molecule has 5 nitrogen and oxygen atoms in total. The quantitative estimate of drug-likeness (QED) is 0.788. The van der Waals surface area contributed by atoms with Gasteiger partial charge in [-0.25, -0.2) is 4.68 Å². The van der Waals surface area contributed by atoms with Crippen LogP contribution in [0, 0.1) is 25.2 Å². The molecule has 1 amide bonds. The number of aromatic nitrogens is 2. The molecule has 1 aromatic carbocycles. The van der Waals surface area contributed by atoms with Crippen molar-refractivity contribution in [3.63, 3.8) is 0 Å². The average molecular weight is 360 g/mol. The number of carbonyl (C=O) groups excluding carboxylic acids is 1. The van der Waals surface area contributed by atoms with Crippen molar-refractivity contribution >= 4 is 5.91 Å². The summed E-state index contributed by atoms with van der Waals surface area (Å²) in [6.45, 7) is 4.67. The molecule has 0 unspecified atom stereocenters. The molecular weight excluding hydrogens is 338 g/mol. The lowest BCUT2D eigenvalue weighted by Gasteiger charge is -2.27. The Balaban J connectivity index is 2.20. The van der Waals surface area contributed by atoms with Gasteiger partial charge in [0, 0.05) is 23.8 Å². The van der Waals surface area contributed by atoms with E-state index in [1.165, 1.54) is 0 Å². The number of amides is 1. The lowest BCUT2D eigenvalue weighted by atomic mass is 10.1. The Morgan fingerprint density at radius 1 is 1.27 bits per heavy atom. The maximum Gasteiger partial charge on any atom is 0.333 e. The third-order valence-corrected chi connectivity index (χ3v) is 4.37. The lowest BCUT2D eigenvalue weighted by molar-refractivity contribution is -0.132. The molecule has 0 fully saturated rings. The number of carbonyl (C=O) groups is 1. The van der Waals surface area contributed by atoms with Gasteiger partial charge in [0.15, 0.2) is 0 Å². The Kier molecular flexibility index (Phi) is 6.09. The van der Waals surface area contributed by atoms with Gasteiger partial charge < -0.3 is 4.90 Å². The minimum atomic E-state index is -2.72. The first-order chi connectivity index (χ1) is 12.2. The fourth-order valence-corrected chi connectivity index (χ4v) is 2.84. The minimum Gasteiger partial charge on any atom is -0.336 e. The molecule has 0 spiro atoms. The fraction of sp³-hybridized carbons (Fsp3) is 0.421. The second kappa shape index (κ2) is 8.09. The van der Waals surface area contributed by atoms with Crippen molar-refractivity contribution in [1.29, 1.82) is 5.26 Å². The molecule has 1 heterocycles. The molecule has 0 saturated carbocycles. The molecule has 0 atom stereocenters. The number of nitrogens with zero attached hydrogens (tertiary/aromatic N) is 4. The van der Waals surface area contributed by atoms with Crippen LogP contribution in [-0.4, -0.2) is 26.6 Å². The summed E-state index contributed by atoms with van der Waals surface area (Å²) in [5, 5.41) is 12.7. The van der Waals surface area contributed by atoms with Crippen molar-refractivity contribution in [2.24, 2.45) is 0 Å². The molecule has 26 heavy (non-hydrogen) atoms. The number of benzene rings is 1. The molecule has 1 aromatic heterocycles. The fourth-order valence-electron chi connectivity index (χ4n) is 2.84. The predicted octanol–water partition coefficient (Wildman–Crippen LogP) is 3.75. The summed E-state index contributed by atoms with van der Waals surface area (Å²) in [4.78, 5) is 14.5. The van der Waals surface area contributed by atoms with Gasteiger partial charge in [-0.1, -0.05) is 12.1 Å². The second-order valence-corrected chi connectivity index (χ2v) is 6.47. The molecular formula is C19H22F2N4O. The Morgan fingerprint density at radius 3 is 2.35 bits per heavy atom. The van der Waals surface area contributed by atoms with Crippen LogP contribution in [0.15, 0.2) is 24.3 Å². The van der Waals surface area contributed by atoms with E-state index < -0.39 is 6.55 Å². The molecule has 2 aromatic rings. The maximum atomic E-state index is 13.0. The Morgan fingerprint density at radius 2 is 1.88 bits per heavy atom. The number of halogens is 2. The van der Waals surface area contributed by atoms with Crippen LogP contribution in [0.25, 0.3) is 0 Å². The standard InChI is InChI=1S/C19H22F2N4O/c1-12(2)24(11-16-7-5-15(10-22)6-8-16)18(26)9-17-13(3)23-25(14(17)4)19(20)21/h5-8,12,19H,9,11H2,1-4H3. The van der Waals surface area contributed by atoms with E-state index in [0.29, 0.717) is 33.7 Å². The van der Waals surface area contributed by atoms with E-state index in [9.17, 15) is 13.6 Å². The van der Waals surface area contributed by atoms with Crippen LogP contribution in [-0.2, 0) is 17.8 Å². The second-order valence-electron chi connectivity index (χ2n) is 6.47. The lowest BCUT2D eigenvalue weighted by Crippen LogP contribution is -2.37. The molecule has 2 rings (SSSR count). The predicted molar refractivity (Wildman–Crippen MR) is 93.5 cm³/mol. The summed E-state index contributed by atoms with van der Waals surface area (Å²) in [5.74, 6) is -0.149. The van der Waals surface area contributed by atoms with Gasteiger partial charge in [-0.3, -0.25) is 4.79 Å². The van der Waals surface area contributed by atoms with Crippen molar-refractivity contribution in [2.45, 2.75) is 53.3 Å². The monoisotopic (exact) mass is 360 g/mol. The van der Waals surface area contributed by atoms with Crippen molar-refractivity contribution in [1.82, 2.24) is 14.7 Å². The number of rotatable bonds is 6. The number of hydrogen-bond donors (Lipinski definition) is 0. The highest BCUT2D eigenvalue weighted by Gasteiger charge is 2.23. The van der Waals surface area contributed by atoms with E-state index >= 15 is 0 Å². The number of alkyl halides is 2. The van der Waals surface area contributed by atoms with Crippen LogP contribution in [0.2, 0.25) is 0 Å². The van der Waals surface area contributed by atoms with Gasteiger partial charge in [-0.15, -0.1) is 0 Å². The van der Waals surface area contributed by atoms with Gasteiger partial charge >= 0.3 is 6.55 Å². The van der Waals surface area contributed by atoms with Crippen LogP contribution >= 0.6 is 0 Å². The third kappa shape index (κ3) is 4.26. The largest absolute Gasteiger partial charge is 0.336 e. The van der Waals surface area contributed by atoms with E-state index in [1.54, 1.807) is 30.9 Å². The number of aryl methyl sites for hydroxylation is 1. The molecule has 138 valence electrons. The zero-order valence-corrected chi connectivity index (χ0v) is 15.3. The summed E-state index contributed by atoms with van der Waals surface area (Å²) in [7, 11) is 0. The zero-order chi connectivity index (χ0) is 19.4. The molecule has 0 bridgehead atoms. The minimum absolute atomic E-state index is 0.0266. The van der Waals surface area contributed by atoms with Crippen molar-refractivity contribution < 1.29 is 13.6 Å². The van der Waals surface area contributed by atoms with E-state index in [1.807, 2.05) is 26.0 Å². The van der Waals surface area contributed by atoms with Gasteiger partial charge in [0.1, 0.15) is 0 Å². The average Bonchev–Trinajstić information content (AvgIpc) is 2.88. The van der Waals surface area contributed by atoms with Crippen molar-refractivity contribution in [3.05, 3.63) is 52.3 Å². The van der Waals surface area contributed by atoms with Crippen LogP contribution in [0.5, 0.6) is 0 Å². The molecule has 0 aliphatic carbocycles. The summed E-state index contributed by atoms with van der Waals surface area (Å²) < 4.78 is 26.6. The Bertz CT molecular complexity index is 819. The number of hydrogen-bond acceptors (Lipinski definition) is 3. The van der Waals surface area contributed by atoms with Crippen molar-refractivity contribution in [3.8, 4) is 6.07 Å². The zero-order valence-electron chi connectivity index (χ0n) is 15.3. The smallest absolute Gasteiger partial charge is 0.333 e. The van der Waals surface area contributed by atoms with Gasteiger partial charge in [0.2, 0.25) is 5.91 Å². The van der Waals surface area contributed by atoms with E-state index in [-0.39, 0.29) is 18.4 Å². The molecule has 0 radical (unpaired) electrons. The van der Waals surface area contributed by atoms with Gasteiger partial charge in [0.05, 0.1) is 23.7 Å². The van der Waals surface area contributed by atoms with Gasteiger partial charge in [-0.2, -0.15) is 19.1 Å². The molecule has 7 heteroatoms. The van der Waals surface area contributed by atoms with E-state index in [4.69, 9.17) is 5.26 Å². The highest BCUT2D eigenvalue weighted by atomic mass is 19.3. The molecule has 0 saturated heterocycles. The summed E-state index contributed by atoms with van der Waals surface area (Å²) in [6, 6.07) is 9.05. The third-order valence-electron chi connectivity index (χ3n) is 4.37. The van der Waals surface area contributed by atoms with Gasteiger partial charge in [-0.05, 0) is 45.4 Å². The molecule has 0 aliphatic rings. The summed E-state index contributed by atoms with van der Waals surface area (Å²) >= 11 is 0. The summed E-state index contributed by atoms with van der Waals surface area (Å²) in [5.41, 5.74) is 2.76. The maximum absolute atomic E-state index is 13.0. The first-order valence-corrected chi connectivity index (χ1v) is 8.35. The van der Waals surface area contributed by atoms with Crippen LogP contribution < -0.4 is 0 Å². The molecule has 0 aliphatic heterocycles. The van der Waals surface area contributed by atoms with Crippen LogP contribution in [0.3, 0.4) is 0 Å². The highest BCUT2D eigenvalue weighted by Crippen LogP contribution is 2.21. The summed E-state index contributed by atoms with van der Waals surface area (Å²) in [6.07, 6.45) is 0.0266. The highest BCUT2D eigenvalue weighted by molar-refractivity contribution is 5.79. The Labute approximate surface area is 151 Å². The van der Waals surface area contributed by atoms with Crippen LogP contribution in [0.1, 0.15) is 48.5 Å². The first kappa shape index (κ1) is 19.6. The number of nitriles is 1.